The number of aromatic carboxylic acids is 2. The van der Waals surface area contributed by atoms with Crippen molar-refractivity contribution in [1.82, 2.24) is 5.06 Å². The molecular weight excluding hydrogens is 414 g/mol. The highest BCUT2D eigenvalue weighted by molar-refractivity contribution is 7.94. The highest BCUT2D eigenvalue weighted by Gasteiger charge is 2.26. The summed E-state index contributed by atoms with van der Waals surface area (Å²) < 4.78 is 4.83. The number of nitro benzene ring substituents is 1. The topological polar surface area (TPSA) is 151 Å². The van der Waals surface area contributed by atoms with Gasteiger partial charge in [-0.05, 0) is 24.6 Å². The third-order valence-electron chi connectivity index (χ3n) is 3.28. The Balaban J connectivity index is 2.38. The van der Waals surface area contributed by atoms with Crippen molar-refractivity contribution >= 4 is 51.7 Å². The van der Waals surface area contributed by atoms with E-state index in [-0.39, 0.29) is 32.4 Å². The lowest BCUT2D eigenvalue weighted by molar-refractivity contribution is -0.384. The summed E-state index contributed by atoms with van der Waals surface area (Å²) in [7, 11) is 3.18. The highest BCUT2D eigenvalue weighted by atomic mass is 32.2. The van der Waals surface area contributed by atoms with Gasteiger partial charge in [-0.15, -0.1) is 20.7 Å². The number of hydroxylamine groups is 2. The first kappa shape index (κ1) is 21.6. The number of nitrogens with zero attached hydrogens (tertiary/aromatic N) is 2. The maximum Gasteiger partial charge on any atom is 0.346 e. The van der Waals surface area contributed by atoms with Gasteiger partial charge in [-0.25, -0.2) is 9.59 Å². The first-order valence-corrected chi connectivity index (χ1v) is 9.01. The molecule has 0 unspecified atom stereocenters. The van der Waals surface area contributed by atoms with Crippen molar-refractivity contribution in [2.75, 3.05) is 19.4 Å². The second-order valence-electron chi connectivity index (χ2n) is 5.47. The molecule has 0 aliphatic rings. The summed E-state index contributed by atoms with van der Waals surface area (Å²) in [6.07, 6.45) is 0. The lowest BCUT2D eigenvalue weighted by atomic mass is 10.1. The molecule has 3 N–H and O–H groups in total. The van der Waals surface area contributed by atoms with Gasteiger partial charge in [0.25, 0.3) is 5.69 Å². The third kappa shape index (κ3) is 4.96. The molecule has 0 saturated carbocycles. The minimum atomic E-state index is -1.34. The Labute approximate surface area is 166 Å². The van der Waals surface area contributed by atoms with Gasteiger partial charge >= 0.3 is 11.9 Å². The zero-order valence-electron chi connectivity index (χ0n) is 14.8. The molecule has 11 nitrogen and oxygen atoms in total. The first-order valence-electron chi connectivity index (χ1n) is 7.45. The molecule has 0 atom stereocenters. The monoisotopic (exact) mass is 429 g/mol. The van der Waals surface area contributed by atoms with Crippen LogP contribution < -0.4 is 5.32 Å². The SMILES string of the molecule is Cc1c(C(=O)O)sc(Nc2ccc(SOON(C)C)cc2[N+](=O)[O-])c1C(=O)O. The fourth-order valence-corrected chi connectivity index (χ4v) is 3.68. The third-order valence-corrected chi connectivity index (χ3v) is 5.05. The Morgan fingerprint density at radius 1 is 1.29 bits per heavy atom. The van der Waals surface area contributed by atoms with E-state index in [4.69, 9.17) is 9.32 Å². The van der Waals surface area contributed by atoms with Gasteiger partial charge in [0.15, 0.2) is 0 Å². The molecule has 28 heavy (non-hydrogen) atoms. The van der Waals surface area contributed by atoms with Crippen LogP contribution >= 0.6 is 23.4 Å². The normalized spacial score (nSPS) is 10.9. The van der Waals surface area contributed by atoms with Crippen molar-refractivity contribution < 1.29 is 34.0 Å². The molecule has 0 saturated heterocycles. The summed E-state index contributed by atoms with van der Waals surface area (Å²) >= 11 is 1.44. The van der Waals surface area contributed by atoms with E-state index in [0.29, 0.717) is 16.2 Å². The zero-order valence-corrected chi connectivity index (χ0v) is 16.4. The molecule has 150 valence electrons. The number of nitro groups is 1. The molecule has 0 spiro atoms. The Kier molecular flexibility index (Phi) is 6.93. The van der Waals surface area contributed by atoms with Crippen molar-refractivity contribution in [3.8, 4) is 0 Å². The van der Waals surface area contributed by atoms with E-state index in [1.165, 1.54) is 30.2 Å². The maximum atomic E-state index is 11.5. The molecule has 0 aliphatic heterocycles. The van der Waals surface area contributed by atoms with Gasteiger partial charge in [0, 0.05) is 25.1 Å². The number of carboxylic acid groups (broad SMARTS) is 2. The van der Waals surface area contributed by atoms with Crippen LogP contribution in [0.1, 0.15) is 25.6 Å². The van der Waals surface area contributed by atoms with Crippen LogP contribution in [0.4, 0.5) is 16.4 Å². The number of rotatable bonds is 9. The molecule has 13 heteroatoms. The number of anilines is 2. The van der Waals surface area contributed by atoms with Crippen LogP contribution in [0.2, 0.25) is 0 Å². The fraction of sp³-hybridized carbons (Fsp3) is 0.200. The Morgan fingerprint density at radius 2 is 1.96 bits per heavy atom. The first-order chi connectivity index (χ1) is 13.1. The standard InChI is InChI=1S/C15H15N3O8S2/c1-7-11(14(19)20)13(27-12(7)15(21)22)16-9-5-4-8(6-10(9)18(23)24)28-26-25-17(2)3/h4-6,16H,1-3H3,(H,19,20)(H,21,22). The van der Waals surface area contributed by atoms with Crippen molar-refractivity contribution in [2.24, 2.45) is 0 Å². The van der Waals surface area contributed by atoms with Crippen molar-refractivity contribution in [1.29, 1.82) is 0 Å². The van der Waals surface area contributed by atoms with E-state index < -0.39 is 16.9 Å². The number of carbonyl (C=O) groups is 2. The van der Waals surface area contributed by atoms with Gasteiger partial charge in [0.2, 0.25) is 0 Å². The molecule has 0 radical (unpaired) electrons. The zero-order chi connectivity index (χ0) is 21.0. The molecule has 0 aliphatic carbocycles. The van der Waals surface area contributed by atoms with Crippen LogP contribution in [0.25, 0.3) is 0 Å². The van der Waals surface area contributed by atoms with E-state index in [9.17, 15) is 29.9 Å². The van der Waals surface area contributed by atoms with E-state index in [1.807, 2.05) is 0 Å². The number of carboxylic acids is 2. The van der Waals surface area contributed by atoms with Crippen LogP contribution in [0.3, 0.4) is 0 Å². The quantitative estimate of drug-likeness (QED) is 0.232. The molecular formula is C15H15N3O8S2. The molecule has 1 aromatic heterocycles. The molecule has 0 bridgehead atoms. The molecule has 2 aromatic rings. The summed E-state index contributed by atoms with van der Waals surface area (Å²) in [5.74, 6) is -2.62. The van der Waals surface area contributed by atoms with Crippen molar-refractivity contribution in [3.63, 3.8) is 0 Å². The van der Waals surface area contributed by atoms with Gasteiger partial charge in [0.05, 0.1) is 22.5 Å². The van der Waals surface area contributed by atoms with E-state index in [0.717, 1.165) is 12.0 Å². The largest absolute Gasteiger partial charge is 0.478 e. The van der Waals surface area contributed by atoms with Gasteiger partial charge in [-0.3, -0.25) is 10.1 Å². The lowest BCUT2D eigenvalue weighted by Gasteiger charge is -2.09. The van der Waals surface area contributed by atoms with Crippen LogP contribution in [-0.4, -0.2) is 46.2 Å². The average molecular weight is 429 g/mol. The highest BCUT2D eigenvalue weighted by Crippen LogP contribution is 2.38. The van der Waals surface area contributed by atoms with Gasteiger partial charge in [-0.2, -0.15) is 5.06 Å². The second-order valence-corrected chi connectivity index (χ2v) is 7.26. The Morgan fingerprint density at radius 3 is 2.50 bits per heavy atom. The molecule has 0 fully saturated rings. The summed E-state index contributed by atoms with van der Waals surface area (Å²) in [6.45, 7) is 1.37. The minimum absolute atomic E-state index is 0.00330. The number of thiophene rings is 1. The van der Waals surface area contributed by atoms with Crippen LogP contribution in [-0.2, 0) is 9.32 Å². The summed E-state index contributed by atoms with van der Waals surface area (Å²) in [5, 5.41) is 33.9. The number of nitrogens with one attached hydrogen (secondary N) is 1. The van der Waals surface area contributed by atoms with E-state index in [1.54, 1.807) is 14.1 Å². The minimum Gasteiger partial charge on any atom is -0.478 e. The van der Waals surface area contributed by atoms with Gasteiger partial charge in [0.1, 0.15) is 15.6 Å². The average Bonchev–Trinajstić information content (AvgIpc) is 2.92. The van der Waals surface area contributed by atoms with E-state index in [2.05, 4.69) is 5.32 Å². The number of hydrogen-bond acceptors (Lipinski definition) is 10. The summed E-state index contributed by atoms with van der Waals surface area (Å²) in [6, 6.07) is 4.07. The Hall–Kier alpha value is -2.71. The predicted octanol–water partition coefficient (Wildman–Crippen LogP) is 3.54. The maximum absolute atomic E-state index is 11.5. The molecule has 2 rings (SSSR count). The predicted molar refractivity (Wildman–Crippen MR) is 101 cm³/mol. The molecule has 1 heterocycles. The van der Waals surface area contributed by atoms with Crippen LogP contribution in [0, 0.1) is 17.0 Å². The summed E-state index contributed by atoms with van der Waals surface area (Å²) in [5.41, 5.74) is -0.532. The van der Waals surface area contributed by atoms with Crippen molar-refractivity contribution in [2.45, 2.75) is 11.8 Å². The number of benzene rings is 1. The fourth-order valence-electron chi connectivity index (χ4n) is 2.12. The molecule has 1 aromatic carbocycles. The van der Waals surface area contributed by atoms with Crippen LogP contribution in [0.5, 0.6) is 0 Å². The van der Waals surface area contributed by atoms with Crippen molar-refractivity contribution in [3.05, 3.63) is 44.3 Å². The summed E-state index contributed by atoms with van der Waals surface area (Å²) in [4.78, 5) is 38.5. The number of hydrogen-bond donors (Lipinski definition) is 3. The van der Waals surface area contributed by atoms with Gasteiger partial charge < -0.3 is 15.5 Å². The smallest absolute Gasteiger partial charge is 0.346 e. The van der Waals surface area contributed by atoms with E-state index >= 15 is 0 Å². The lowest BCUT2D eigenvalue weighted by Crippen LogP contribution is -2.10. The van der Waals surface area contributed by atoms with Gasteiger partial charge in [-0.1, -0.05) is 0 Å². The molecule has 0 amide bonds. The Bertz CT molecular complexity index is 928. The van der Waals surface area contributed by atoms with Crippen LogP contribution in [0.15, 0.2) is 23.1 Å². The second kappa shape index (κ2) is 8.99.